The highest BCUT2D eigenvalue weighted by atomic mass is 16.5. The van der Waals surface area contributed by atoms with Crippen molar-refractivity contribution in [2.24, 2.45) is 0 Å². The number of aromatic nitrogens is 3. The highest BCUT2D eigenvalue weighted by molar-refractivity contribution is 5.97. The number of hydrogen-bond acceptors (Lipinski definition) is 5. The molecule has 3 aliphatic rings. The molecule has 2 amide bonds. The number of nitrogens with zero attached hydrogens (tertiary/aromatic N) is 4. The zero-order valence-corrected chi connectivity index (χ0v) is 17.6. The zero-order chi connectivity index (χ0) is 21.1. The highest BCUT2D eigenvalue weighted by Crippen LogP contribution is 2.26. The number of nitrogens with one attached hydrogen (secondary N) is 1. The fourth-order valence-corrected chi connectivity index (χ4v) is 4.20. The van der Waals surface area contributed by atoms with E-state index in [4.69, 9.17) is 4.74 Å². The second kappa shape index (κ2) is 8.85. The van der Waals surface area contributed by atoms with Gasteiger partial charge in [-0.3, -0.25) is 14.3 Å². The Kier molecular flexibility index (Phi) is 6.01. The molecule has 2 aromatic rings. The van der Waals surface area contributed by atoms with Crippen molar-refractivity contribution in [1.82, 2.24) is 25.2 Å². The van der Waals surface area contributed by atoms with E-state index in [-0.39, 0.29) is 23.9 Å². The van der Waals surface area contributed by atoms with E-state index in [0.717, 1.165) is 30.5 Å². The summed E-state index contributed by atoms with van der Waals surface area (Å²) >= 11 is 0. The van der Waals surface area contributed by atoms with Crippen molar-refractivity contribution >= 4 is 11.8 Å². The summed E-state index contributed by atoms with van der Waals surface area (Å²) in [6.07, 6.45) is 5.09. The molecule has 160 valence electrons. The van der Waals surface area contributed by atoms with Crippen LogP contribution in [0.1, 0.15) is 54.2 Å². The Morgan fingerprint density at radius 3 is 2.90 bits per heavy atom. The lowest BCUT2D eigenvalue weighted by Gasteiger charge is -2.38. The fourth-order valence-electron chi connectivity index (χ4n) is 4.20. The first-order valence-electron chi connectivity index (χ1n) is 10.7. The number of benzene rings is 1. The predicted molar refractivity (Wildman–Crippen MR) is 111 cm³/mol. The molecule has 0 saturated carbocycles. The monoisotopic (exact) mass is 411 g/mol. The van der Waals surface area contributed by atoms with Crippen LogP contribution in [0.2, 0.25) is 0 Å². The SMILES string of the molecule is Cc1ccc2c(c1)OCCCn1cc(nn1)CCC(=O)N[C@H]1CCN(C2=O)[C@@H](C)C1. The molecule has 8 nitrogen and oxygen atoms in total. The summed E-state index contributed by atoms with van der Waals surface area (Å²) in [4.78, 5) is 27.6. The van der Waals surface area contributed by atoms with Gasteiger partial charge in [0, 0.05) is 50.6 Å². The maximum absolute atomic E-state index is 13.3. The molecule has 1 fully saturated rings. The average Bonchev–Trinajstić information content (AvgIpc) is 3.17. The van der Waals surface area contributed by atoms with Crippen molar-refractivity contribution < 1.29 is 14.3 Å². The van der Waals surface area contributed by atoms with Crippen LogP contribution < -0.4 is 10.1 Å². The van der Waals surface area contributed by atoms with E-state index < -0.39 is 0 Å². The third-order valence-corrected chi connectivity index (χ3v) is 5.85. The van der Waals surface area contributed by atoms with Gasteiger partial charge in [-0.25, -0.2) is 0 Å². The van der Waals surface area contributed by atoms with Gasteiger partial charge in [-0.05, 0) is 44.4 Å². The van der Waals surface area contributed by atoms with Crippen molar-refractivity contribution in [3.63, 3.8) is 0 Å². The Labute approximate surface area is 176 Å². The van der Waals surface area contributed by atoms with E-state index in [1.165, 1.54) is 0 Å². The summed E-state index contributed by atoms with van der Waals surface area (Å²) in [5.74, 6) is 0.643. The number of carbonyl (C=O) groups is 2. The molecule has 3 aliphatic heterocycles. The molecule has 5 rings (SSSR count). The lowest BCUT2D eigenvalue weighted by Crippen LogP contribution is -2.51. The molecule has 4 heterocycles. The van der Waals surface area contributed by atoms with E-state index in [2.05, 4.69) is 15.6 Å². The van der Waals surface area contributed by atoms with Gasteiger partial charge >= 0.3 is 0 Å². The lowest BCUT2D eigenvalue weighted by molar-refractivity contribution is -0.122. The molecule has 0 radical (unpaired) electrons. The number of carbonyl (C=O) groups excluding carboxylic acids is 2. The highest BCUT2D eigenvalue weighted by Gasteiger charge is 2.31. The van der Waals surface area contributed by atoms with Crippen molar-refractivity contribution in [1.29, 1.82) is 0 Å². The first-order valence-corrected chi connectivity index (χ1v) is 10.7. The van der Waals surface area contributed by atoms with Crippen LogP contribution in [0.5, 0.6) is 5.75 Å². The van der Waals surface area contributed by atoms with Crippen molar-refractivity contribution in [3.8, 4) is 5.75 Å². The molecule has 0 unspecified atom stereocenters. The van der Waals surface area contributed by atoms with Crippen LogP contribution in [0.15, 0.2) is 24.4 Å². The summed E-state index contributed by atoms with van der Waals surface area (Å²) in [5, 5.41) is 11.4. The summed E-state index contributed by atoms with van der Waals surface area (Å²) in [6, 6.07) is 5.86. The van der Waals surface area contributed by atoms with Gasteiger partial charge in [0.15, 0.2) is 0 Å². The fraction of sp³-hybridized carbons (Fsp3) is 0.545. The molecular weight excluding hydrogens is 382 g/mol. The van der Waals surface area contributed by atoms with Crippen LogP contribution in [-0.2, 0) is 17.8 Å². The quantitative estimate of drug-likeness (QED) is 0.717. The van der Waals surface area contributed by atoms with Crippen LogP contribution in [-0.4, -0.2) is 56.9 Å². The average molecular weight is 412 g/mol. The van der Waals surface area contributed by atoms with Gasteiger partial charge in [0.1, 0.15) is 5.75 Å². The third-order valence-electron chi connectivity index (χ3n) is 5.85. The van der Waals surface area contributed by atoms with Gasteiger partial charge < -0.3 is 15.0 Å². The molecule has 0 spiro atoms. The Morgan fingerprint density at radius 2 is 2.07 bits per heavy atom. The van der Waals surface area contributed by atoms with Gasteiger partial charge in [0.05, 0.1) is 17.9 Å². The molecule has 30 heavy (non-hydrogen) atoms. The Bertz CT molecular complexity index is 925. The maximum atomic E-state index is 13.3. The van der Waals surface area contributed by atoms with Crippen LogP contribution in [0.25, 0.3) is 0 Å². The normalized spacial score (nSPS) is 23.2. The maximum Gasteiger partial charge on any atom is 0.257 e. The molecule has 4 bridgehead atoms. The number of ether oxygens (including phenoxy) is 1. The van der Waals surface area contributed by atoms with E-state index in [0.29, 0.717) is 43.9 Å². The molecule has 0 aliphatic carbocycles. The second-order valence-corrected chi connectivity index (χ2v) is 8.31. The summed E-state index contributed by atoms with van der Waals surface area (Å²) < 4.78 is 7.80. The standard InChI is InChI=1S/C22H29N5O3/c1-15-4-6-19-20(12-15)30-11-3-9-26-14-18(24-25-26)5-7-21(28)23-17-8-10-27(22(19)29)16(2)13-17/h4,6,12,14,16-17H,3,5,7-11,13H2,1-2H3,(H,23,28)/t16-,17-/m0/s1. The smallest absolute Gasteiger partial charge is 0.257 e. The summed E-state index contributed by atoms with van der Waals surface area (Å²) in [6.45, 7) is 5.81. The minimum Gasteiger partial charge on any atom is -0.493 e. The van der Waals surface area contributed by atoms with Gasteiger partial charge in [-0.15, -0.1) is 5.10 Å². The van der Waals surface area contributed by atoms with Crippen molar-refractivity contribution in [2.75, 3.05) is 13.2 Å². The van der Waals surface area contributed by atoms with E-state index in [1.54, 1.807) is 4.68 Å². The molecule has 1 N–H and O–H groups in total. The molecule has 1 saturated heterocycles. The van der Waals surface area contributed by atoms with Crippen LogP contribution >= 0.6 is 0 Å². The Balaban J connectivity index is 1.58. The number of rotatable bonds is 0. The van der Waals surface area contributed by atoms with Gasteiger partial charge in [-0.2, -0.15) is 0 Å². The molecular formula is C22H29N5O3. The molecule has 8 heteroatoms. The third kappa shape index (κ3) is 4.63. The lowest BCUT2D eigenvalue weighted by atomic mass is 9.96. The van der Waals surface area contributed by atoms with Gasteiger partial charge in [0.25, 0.3) is 5.91 Å². The van der Waals surface area contributed by atoms with Gasteiger partial charge in [0.2, 0.25) is 5.91 Å². The second-order valence-electron chi connectivity index (χ2n) is 8.31. The summed E-state index contributed by atoms with van der Waals surface area (Å²) in [5.41, 5.74) is 2.47. The predicted octanol–water partition coefficient (Wildman–Crippen LogP) is 2.11. The van der Waals surface area contributed by atoms with Crippen molar-refractivity contribution in [3.05, 3.63) is 41.2 Å². The van der Waals surface area contributed by atoms with Gasteiger partial charge in [-0.1, -0.05) is 11.3 Å². The molecule has 2 atom stereocenters. The Morgan fingerprint density at radius 1 is 1.20 bits per heavy atom. The van der Waals surface area contributed by atoms with Crippen LogP contribution in [0, 0.1) is 6.92 Å². The number of aryl methyl sites for hydroxylation is 3. The first kappa shape index (κ1) is 20.4. The van der Waals surface area contributed by atoms with Crippen LogP contribution in [0.3, 0.4) is 0 Å². The number of fused-ring (bicyclic) bond motifs is 8. The number of hydrogen-bond donors (Lipinski definition) is 1. The van der Waals surface area contributed by atoms with Crippen LogP contribution in [0.4, 0.5) is 0 Å². The Hall–Kier alpha value is -2.90. The minimum atomic E-state index is -0.00990. The van der Waals surface area contributed by atoms with E-state index >= 15 is 0 Å². The zero-order valence-electron chi connectivity index (χ0n) is 17.6. The first-order chi connectivity index (χ1) is 14.5. The van der Waals surface area contributed by atoms with E-state index in [9.17, 15) is 9.59 Å². The molecule has 1 aromatic carbocycles. The van der Waals surface area contributed by atoms with Crippen molar-refractivity contribution in [2.45, 2.75) is 64.6 Å². The largest absolute Gasteiger partial charge is 0.493 e. The number of amides is 2. The topological polar surface area (TPSA) is 89.3 Å². The minimum absolute atomic E-state index is 0.00990. The number of piperidine rings is 1. The van der Waals surface area contributed by atoms with E-state index in [1.807, 2.05) is 43.1 Å². The summed E-state index contributed by atoms with van der Waals surface area (Å²) in [7, 11) is 0. The molecule has 1 aromatic heterocycles.